The van der Waals surface area contributed by atoms with E-state index in [0.717, 1.165) is 5.56 Å². The van der Waals surface area contributed by atoms with Gasteiger partial charge in [-0.2, -0.15) is 0 Å². The first-order valence-corrected chi connectivity index (χ1v) is 6.41. The number of ether oxygens (including phenoxy) is 3. The summed E-state index contributed by atoms with van der Waals surface area (Å²) in [5, 5.41) is 9.84. The van der Waals surface area contributed by atoms with Crippen molar-refractivity contribution < 1.29 is 19.3 Å². The predicted octanol–water partition coefficient (Wildman–Crippen LogP) is 0.651. The Kier molecular flexibility index (Phi) is 4.90. The largest absolute Gasteiger partial charge is 0.373 e. The van der Waals surface area contributed by atoms with Crippen LogP contribution in [-0.2, 0) is 20.8 Å². The molecule has 1 aromatic carbocycles. The summed E-state index contributed by atoms with van der Waals surface area (Å²) in [6.07, 6.45) is -2.26. The van der Waals surface area contributed by atoms with Crippen LogP contribution in [0.2, 0.25) is 0 Å². The SMILES string of the molecule is COC1C(O)OC(C)C(N)C1OCc1ccccc1. The fourth-order valence-corrected chi connectivity index (χ4v) is 2.26. The highest BCUT2D eigenvalue weighted by Crippen LogP contribution is 2.23. The molecule has 106 valence electrons. The van der Waals surface area contributed by atoms with Crippen LogP contribution in [0.3, 0.4) is 0 Å². The molecule has 0 aliphatic carbocycles. The van der Waals surface area contributed by atoms with Gasteiger partial charge in [0.15, 0.2) is 6.29 Å². The molecule has 1 heterocycles. The zero-order valence-corrected chi connectivity index (χ0v) is 11.2. The second-order valence-corrected chi connectivity index (χ2v) is 4.77. The molecule has 5 unspecified atom stereocenters. The summed E-state index contributed by atoms with van der Waals surface area (Å²) in [6, 6.07) is 9.48. The van der Waals surface area contributed by atoms with Crippen LogP contribution in [0.4, 0.5) is 0 Å². The Morgan fingerprint density at radius 1 is 1.26 bits per heavy atom. The van der Waals surface area contributed by atoms with Crippen molar-refractivity contribution in [1.82, 2.24) is 0 Å². The maximum absolute atomic E-state index is 9.84. The van der Waals surface area contributed by atoms with Crippen molar-refractivity contribution in [3.8, 4) is 0 Å². The lowest BCUT2D eigenvalue weighted by molar-refractivity contribution is -0.266. The van der Waals surface area contributed by atoms with Crippen LogP contribution in [0.1, 0.15) is 12.5 Å². The Labute approximate surface area is 113 Å². The fourth-order valence-electron chi connectivity index (χ4n) is 2.26. The maximum Gasteiger partial charge on any atom is 0.184 e. The van der Waals surface area contributed by atoms with Gasteiger partial charge in [-0.3, -0.25) is 0 Å². The molecule has 1 fully saturated rings. The molecule has 2 rings (SSSR count). The van der Waals surface area contributed by atoms with Gasteiger partial charge >= 0.3 is 0 Å². The highest BCUT2D eigenvalue weighted by atomic mass is 16.7. The molecule has 5 atom stereocenters. The van der Waals surface area contributed by atoms with E-state index in [1.807, 2.05) is 37.3 Å². The Morgan fingerprint density at radius 2 is 1.95 bits per heavy atom. The van der Waals surface area contributed by atoms with Crippen molar-refractivity contribution in [3.05, 3.63) is 35.9 Å². The van der Waals surface area contributed by atoms with Gasteiger partial charge in [-0.05, 0) is 12.5 Å². The molecule has 1 aliphatic heterocycles. The number of hydrogen-bond donors (Lipinski definition) is 2. The highest BCUT2D eigenvalue weighted by Gasteiger charge is 2.43. The number of hydrogen-bond acceptors (Lipinski definition) is 5. The average Bonchev–Trinajstić information content (AvgIpc) is 2.42. The molecule has 19 heavy (non-hydrogen) atoms. The monoisotopic (exact) mass is 267 g/mol. The lowest BCUT2D eigenvalue weighted by atomic mass is 9.97. The molecule has 5 heteroatoms. The third kappa shape index (κ3) is 3.32. The smallest absolute Gasteiger partial charge is 0.184 e. The molecule has 0 radical (unpaired) electrons. The summed E-state index contributed by atoms with van der Waals surface area (Å²) in [5.41, 5.74) is 7.13. The third-order valence-corrected chi connectivity index (χ3v) is 3.44. The zero-order valence-electron chi connectivity index (χ0n) is 11.2. The summed E-state index contributed by atoms with van der Waals surface area (Å²) >= 11 is 0. The van der Waals surface area contributed by atoms with E-state index < -0.39 is 18.5 Å². The van der Waals surface area contributed by atoms with Crippen LogP contribution in [0.5, 0.6) is 0 Å². The summed E-state index contributed by atoms with van der Waals surface area (Å²) in [5.74, 6) is 0. The minimum Gasteiger partial charge on any atom is -0.373 e. The second-order valence-electron chi connectivity index (χ2n) is 4.77. The molecule has 1 aromatic rings. The molecular formula is C14H21NO4. The molecule has 0 aromatic heterocycles. The topological polar surface area (TPSA) is 73.9 Å². The minimum absolute atomic E-state index is 0.276. The van der Waals surface area contributed by atoms with Gasteiger partial charge in [0, 0.05) is 7.11 Å². The van der Waals surface area contributed by atoms with E-state index in [1.54, 1.807) is 0 Å². The first kappa shape index (κ1) is 14.4. The number of nitrogens with two attached hydrogens (primary N) is 1. The molecular weight excluding hydrogens is 246 g/mol. The molecule has 3 N–H and O–H groups in total. The van der Waals surface area contributed by atoms with E-state index >= 15 is 0 Å². The summed E-state index contributed by atoms with van der Waals surface area (Å²) < 4.78 is 16.4. The molecule has 0 spiro atoms. The molecule has 1 aliphatic rings. The van der Waals surface area contributed by atoms with Gasteiger partial charge in [0.2, 0.25) is 0 Å². The highest BCUT2D eigenvalue weighted by molar-refractivity contribution is 5.13. The van der Waals surface area contributed by atoms with Crippen LogP contribution < -0.4 is 5.73 Å². The van der Waals surface area contributed by atoms with E-state index in [-0.39, 0.29) is 12.1 Å². The standard InChI is InChI=1S/C14H21NO4/c1-9-11(15)12(13(17-2)14(16)19-9)18-8-10-6-4-3-5-7-10/h3-7,9,11-14,16H,8,15H2,1-2H3. The van der Waals surface area contributed by atoms with Crippen LogP contribution in [0.25, 0.3) is 0 Å². The van der Waals surface area contributed by atoms with Gasteiger partial charge in [-0.15, -0.1) is 0 Å². The van der Waals surface area contributed by atoms with Crippen molar-refractivity contribution in [3.63, 3.8) is 0 Å². The van der Waals surface area contributed by atoms with Crippen LogP contribution in [-0.4, -0.2) is 42.9 Å². The number of aliphatic hydroxyl groups is 1. The van der Waals surface area contributed by atoms with Gasteiger partial charge in [-0.25, -0.2) is 0 Å². The van der Waals surface area contributed by atoms with E-state index in [9.17, 15) is 5.11 Å². The van der Waals surface area contributed by atoms with Crippen LogP contribution >= 0.6 is 0 Å². The van der Waals surface area contributed by atoms with Crippen LogP contribution in [0.15, 0.2) is 30.3 Å². The predicted molar refractivity (Wildman–Crippen MR) is 70.3 cm³/mol. The van der Waals surface area contributed by atoms with Gasteiger partial charge in [0.25, 0.3) is 0 Å². The fraction of sp³-hybridized carbons (Fsp3) is 0.571. The van der Waals surface area contributed by atoms with Crippen LogP contribution in [0, 0.1) is 0 Å². The van der Waals surface area contributed by atoms with Crippen molar-refractivity contribution in [2.45, 2.75) is 44.2 Å². The van der Waals surface area contributed by atoms with Gasteiger partial charge < -0.3 is 25.1 Å². The van der Waals surface area contributed by atoms with Crippen molar-refractivity contribution in [2.75, 3.05) is 7.11 Å². The lowest BCUT2D eigenvalue weighted by Crippen LogP contribution is -2.61. The Balaban J connectivity index is 2.02. The minimum atomic E-state index is -1.01. The van der Waals surface area contributed by atoms with Crippen molar-refractivity contribution in [1.29, 1.82) is 0 Å². The van der Waals surface area contributed by atoms with E-state index in [1.165, 1.54) is 7.11 Å². The summed E-state index contributed by atoms with van der Waals surface area (Å²) in [4.78, 5) is 0. The van der Waals surface area contributed by atoms with E-state index in [2.05, 4.69) is 0 Å². The van der Waals surface area contributed by atoms with Crippen molar-refractivity contribution >= 4 is 0 Å². The quantitative estimate of drug-likeness (QED) is 0.838. The van der Waals surface area contributed by atoms with E-state index in [4.69, 9.17) is 19.9 Å². The molecule has 0 saturated carbocycles. The Bertz CT molecular complexity index is 386. The third-order valence-electron chi connectivity index (χ3n) is 3.44. The van der Waals surface area contributed by atoms with E-state index in [0.29, 0.717) is 6.61 Å². The Morgan fingerprint density at radius 3 is 2.58 bits per heavy atom. The molecule has 0 bridgehead atoms. The van der Waals surface area contributed by atoms with Gasteiger partial charge in [0.1, 0.15) is 12.2 Å². The first-order chi connectivity index (χ1) is 9.13. The number of aliphatic hydroxyl groups excluding tert-OH is 1. The van der Waals surface area contributed by atoms with Gasteiger partial charge in [0.05, 0.1) is 18.8 Å². The molecule has 5 nitrogen and oxygen atoms in total. The number of benzene rings is 1. The maximum atomic E-state index is 9.84. The Hall–Kier alpha value is -0.980. The molecule has 0 amide bonds. The summed E-state index contributed by atoms with van der Waals surface area (Å²) in [7, 11) is 1.51. The van der Waals surface area contributed by atoms with Crippen molar-refractivity contribution in [2.24, 2.45) is 5.73 Å². The summed E-state index contributed by atoms with van der Waals surface area (Å²) in [6.45, 7) is 2.25. The second kappa shape index (κ2) is 6.45. The molecule has 1 saturated heterocycles. The normalized spacial score (nSPS) is 35.3. The lowest BCUT2D eigenvalue weighted by Gasteiger charge is -2.41. The number of rotatable bonds is 4. The average molecular weight is 267 g/mol. The van der Waals surface area contributed by atoms with Gasteiger partial charge in [-0.1, -0.05) is 30.3 Å². The zero-order chi connectivity index (χ0) is 13.8. The first-order valence-electron chi connectivity index (χ1n) is 6.41. The number of methoxy groups -OCH3 is 1.